The molecule has 10 heteroatoms. The third-order valence-corrected chi connectivity index (χ3v) is 6.26. The molecule has 0 bridgehead atoms. The molecule has 0 spiro atoms. The van der Waals surface area contributed by atoms with Gasteiger partial charge >= 0.3 is 6.18 Å². The van der Waals surface area contributed by atoms with Gasteiger partial charge in [0.25, 0.3) is 5.91 Å². The Kier molecular flexibility index (Phi) is 7.17. The van der Waals surface area contributed by atoms with E-state index in [9.17, 15) is 22.4 Å². The van der Waals surface area contributed by atoms with Crippen LogP contribution in [0.2, 0.25) is 0 Å². The van der Waals surface area contributed by atoms with Crippen LogP contribution in [0.4, 0.5) is 23.4 Å². The quantitative estimate of drug-likeness (QED) is 0.224. The lowest BCUT2D eigenvalue weighted by molar-refractivity contribution is -0.144. The molecule has 5 aromatic rings. The molecule has 6 nitrogen and oxygen atoms in total. The number of carbonyl (C=O) groups excluding carboxylic acids is 1. The molecule has 0 saturated carbocycles. The van der Waals surface area contributed by atoms with Gasteiger partial charge in [0, 0.05) is 22.6 Å². The molecule has 1 amide bonds. The van der Waals surface area contributed by atoms with Gasteiger partial charge in [-0.05, 0) is 23.8 Å². The van der Waals surface area contributed by atoms with Gasteiger partial charge in [-0.15, -0.1) is 0 Å². The van der Waals surface area contributed by atoms with Crippen molar-refractivity contribution in [2.75, 3.05) is 5.32 Å². The highest BCUT2D eigenvalue weighted by atomic mass is 19.4. The first-order valence-corrected chi connectivity index (χ1v) is 12.7. The van der Waals surface area contributed by atoms with E-state index in [0.29, 0.717) is 16.8 Å². The Morgan fingerprint density at radius 1 is 0.805 bits per heavy atom. The Bertz CT molecular complexity index is 1710. The molecule has 0 unspecified atom stereocenters. The van der Waals surface area contributed by atoms with Crippen molar-refractivity contribution in [1.29, 1.82) is 0 Å². The van der Waals surface area contributed by atoms with E-state index in [4.69, 9.17) is 0 Å². The van der Waals surface area contributed by atoms with Crippen LogP contribution in [0.5, 0.6) is 0 Å². The minimum absolute atomic E-state index is 0.0296. The summed E-state index contributed by atoms with van der Waals surface area (Å²) in [7, 11) is 0. The highest BCUT2D eigenvalue weighted by Crippen LogP contribution is 2.39. The Morgan fingerprint density at radius 2 is 1.44 bits per heavy atom. The third-order valence-electron chi connectivity index (χ3n) is 6.26. The predicted molar refractivity (Wildman–Crippen MR) is 148 cm³/mol. The van der Waals surface area contributed by atoms with Crippen molar-refractivity contribution in [2.45, 2.75) is 32.4 Å². The predicted octanol–water partition coefficient (Wildman–Crippen LogP) is 7.70. The number of aromatic nitrogens is 4. The lowest BCUT2D eigenvalue weighted by atomic mass is 9.92. The fraction of sp³-hybridized carbons (Fsp3) is 0.161. The molecule has 3 aromatic carbocycles. The monoisotopic (exact) mass is 559 g/mol. The molecule has 208 valence electrons. The van der Waals surface area contributed by atoms with Gasteiger partial charge < -0.3 is 5.32 Å². The molecule has 5 rings (SSSR count). The summed E-state index contributed by atoms with van der Waals surface area (Å²) in [5.41, 5.74) is 1.29. The average molecular weight is 560 g/mol. The SMILES string of the molecule is CC(C)(C)c1cc(NC(=O)c2cccc(F)c2)n(-c2nc(C(F)(F)F)nc(-c3ccccc3)c2-c2ccccc2)n1. The number of anilines is 1. The number of benzene rings is 3. The first-order valence-electron chi connectivity index (χ1n) is 12.7. The molecule has 0 atom stereocenters. The topological polar surface area (TPSA) is 72.7 Å². The number of alkyl halides is 3. The van der Waals surface area contributed by atoms with E-state index in [0.717, 1.165) is 6.07 Å². The number of hydrogen-bond donors (Lipinski definition) is 1. The summed E-state index contributed by atoms with van der Waals surface area (Å²) in [5, 5.41) is 7.32. The van der Waals surface area contributed by atoms with Crippen molar-refractivity contribution in [3.63, 3.8) is 0 Å². The van der Waals surface area contributed by atoms with Gasteiger partial charge in [-0.3, -0.25) is 4.79 Å². The highest BCUT2D eigenvalue weighted by molar-refractivity contribution is 6.04. The number of rotatable bonds is 5. The van der Waals surface area contributed by atoms with E-state index in [1.54, 1.807) is 66.7 Å². The van der Waals surface area contributed by atoms with Gasteiger partial charge in [-0.2, -0.15) is 23.0 Å². The third kappa shape index (κ3) is 5.86. The van der Waals surface area contributed by atoms with E-state index in [1.807, 2.05) is 20.8 Å². The number of nitrogens with one attached hydrogen (secondary N) is 1. The molecular weight excluding hydrogens is 534 g/mol. The van der Waals surface area contributed by atoms with E-state index in [2.05, 4.69) is 20.4 Å². The zero-order valence-electron chi connectivity index (χ0n) is 22.4. The number of halogens is 4. The molecule has 0 aliphatic carbocycles. The molecule has 0 aliphatic heterocycles. The van der Waals surface area contributed by atoms with Gasteiger partial charge in [0.1, 0.15) is 11.6 Å². The number of carbonyl (C=O) groups is 1. The first kappa shape index (κ1) is 27.7. The lowest BCUT2D eigenvalue weighted by Gasteiger charge is -2.19. The minimum Gasteiger partial charge on any atom is -0.306 e. The zero-order valence-corrected chi connectivity index (χ0v) is 22.4. The second kappa shape index (κ2) is 10.6. The minimum atomic E-state index is -4.88. The number of nitrogens with zero attached hydrogens (tertiary/aromatic N) is 4. The highest BCUT2D eigenvalue weighted by Gasteiger charge is 2.38. The van der Waals surface area contributed by atoms with Crippen molar-refractivity contribution in [2.24, 2.45) is 0 Å². The normalized spacial score (nSPS) is 11.9. The molecule has 0 saturated heterocycles. The van der Waals surface area contributed by atoms with Gasteiger partial charge in [0.05, 0.1) is 17.0 Å². The van der Waals surface area contributed by atoms with Crippen molar-refractivity contribution < 1.29 is 22.4 Å². The lowest BCUT2D eigenvalue weighted by Crippen LogP contribution is -2.19. The summed E-state index contributed by atoms with van der Waals surface area (Å²) in [4.78, 5) is 21.1. The summed E-state index contributed by atoms with van der Waals surface area (Å²) in [6, 6.07) is 23.9. The van der Waals surface area contributed by atoms with E-state index in [-0.39, 0.29) is 28.5 Å². The van der Waals surface area contributed by atoms with Crippen LogP contribution in [0.25, 0.3) is 28.2 Å². The zero-order chi connectivity index (χ0) is 29.4. The van der Waals surface area contributed by atoms with Crippen molar-refractivity contribution in [3.05, 3.63) is 114 Å². The van der Waals surface area contributed by atoms with Crippen LogP contribution in [0.15, 0.2) is 91.0 Å². The summed E-state index contributed by atoms with van der Waals surface area (Å²) in [6.45, 7) is 5.64. The van der Waals surface area contributed by atoms with Crippen molar-refractivity contribution in [1.82, 2.24) is 19.7 Å². The number of amides is 1. The van der Waals surface area contributed by atoms with Gasteiger partial charge in [0.15, 0.2) is 5.82 Å². The van der Waals surface area contributed by atoms with Gasteiger partial charge in [-0.1, -0.05) is 87.5 Å². The van der Waals surface area contributed by atoms with Crippen LogP contribution in [-0.2, 0) is 11.6 Å². The summed E-state index contributed by atoms with van der Waals surface area (Å²) >= 11 is 0. The number of hydrogen-bond acceptors (Lipinski definition) is 4. The fourth-order valence-corrected chi connectivity index (χ4v) is 4.22. The maximum Gasteiger partial charge on any atom is 0.451 e. The first-order chi connectivity index (χ1) is 19.4. The molecule has 2 heterocycles. The largest absolute Gasteiger partial charge is 0.451 e. The second-order valence-electron chi connectivity index (χ2n) is 10.4. The van der Waals surface area contributed by atoms with Crippen LogP contribution in [0.1, 0.15) is 42.6 Å². The standard InChI is InChI=1S/C31H25F4N5O/c1-30(2,3)23-18-24(36-28(41)21-15-10-16-22(32)17-21)40(39-23)27-25(19-11-6-4-7-12-19)26(20-13-8-5-9-14-20)37-29(38-27)31(33,34)35/h4-18H,1-3H3,(H,36,41). The fourth-order valence-electron chi connectivity index (χ4n) is 4.22. The van der Waals surface area contributed by atoms with Gasteiger partial charge in [-0.25, -0.2) is 14.4 Å². The Labute approximate surface area is 233 Å². The van der Waals surface area contributed by atoms with E-state index >= 15 is 0 Å². The summed E-state index contributed by atoms with van der Waals surface area (Å²) in [6.07, 6.45) is -4.88. The molecule has 41 heavy (non-hydrogen) atoms. The molecule has 0 aliphatic rings. The van der Waals surface area contributed by atoms with Crippen LogP contribution in [0, 0.1) is 5.82 Å². The average Bonchev–Trinajstić information content (AvgIpc) is 3.37. The molecule has 2 aromatic heterocycles. The Balaban J connectivity index is 1.82. The van der Waals surface area contributed by atoms with Crippen LogP contribution in [-0.4, -0.2) is 25.7 Å². The smallest absolute Gasteiger partial charge is 0.306 e. The van der Waals surface area contributed by atoms with Gasteiger partial charge in [0.2, 0.25) is 5.82 Å². The van der Waals surface area contributed by atoms with Crippen LogP contribution < -0.4 is 5.32 Å². The molecule has 1 N–H and O–H groups in total. The Hall–Kier alpha value is -4.86. The summed E-state index contributed by atoms with van der Waals surface area (Å²) in [5.74, 6) is -2.75. The second-order valence-corrected chi connectivity index (χ2v) is 10.4. The van der Waals surface area contributed by atoms with Crippen LogP contribution in [0.3, 0.4) is 0 Å². The maximum absolute atomic E-state index is 14.2. The maximum atomic E-state index is 14.2. The van der Waals surface area contributed by atoms with Crippen molar-refractivity contribution in [3.8, 4) is 28.2 Å². The van der Waals surface area contributed by atoms with E-state index in [1.165, 1.54) is 22.9 Å². The molecule has 0 fully saturated rings. The van der Waals surface area contributed by atoms with E-state index < -0.39 is 29.1 Å². The van der Waals surface area contributed by atoms with Crippen molar-refractivity contribution >= 4 is 11.7 Å². The van der Waals surface area contributed by atoms with Crippen LogP contribution >= 0.6 is 0 Å². The summed E-state index contributed by atoms with van der Waals surface area (Å²) < 4.78 is 57.7. The Morgan fingerprint density at radius 3 is 2.02 bits per heavy atom. The molecular formula is C31H25F4N5O. The molecule has 0 radical (unpaired) electrons.